The zero-order valence-corrected chi connectivity index (χ0v) is 11.3. The summed E-state index contributed by atoms with van der Waals surface area (Å²) in [6.07, 6.45) is 1.94. The van der Waals surface area contributed by atoms with Crippen molar-refractivity contribution < 1.29 is 14.7 Å². The number of hydrogen-bond acceptors (Lipinski definition) is 7. The molecule has 1 unspecified atom stereocenters. The van der Waals surface area contributed by atoms with Crippen LogP contribution in [-0.2, 0) is 16.1 Å². The molecule has 0 aromatic heterocycles. The minimum absolute atomic E-state index is 0.184. The third-order valence-electron chi connectivity index (χ3n) is 2.87. The van der Waals surface area contributed by atoms with E-state index in [1.165, 1.54) is 24.1 Å². The van der Waals surface area contributed by atoms with Gasteiger partial charge in [-0.15, -0.1) is 0 Å². The van der Waals surface area contributed by atoms with Gasteiger partial charge in [-0.25, -0.2) is 15.0 Å². The van der Waals surface area contributed by atoms with Crippen LogP contribution in [0.25, 0.3) is 11.5 Å². The summed E-state index contributed by atoms with van der Waals surface area (Å²) in [4.78, 5) is 35.8. The number of hydrogen-bond donors (Lipinski definition) is 3. The second kappa shape index (κ2) is 5.71. The van der Waals surface area contributed by atoms with E-state index in [2.05, 4.69) is 15.0 Å². The molecule has 2 aliphatic heterocycles. The lowest BCUT2D eigenvalue weighted by Gasteiger charge is -2.25. The lowest BCUT2D eigenvalue weighted by Crippen LogP contribution is -2.47. The molecule has 10 nitrogen and oxygen atoms in total. The molecule has 21 heavy (non-hydrogen) atoms. The zero-order valence-electron chi connectivity index (χ0n) is 11.3. The van der Waals surface area contributed by atoms with Crippen LogP contribution >= 0.6 is 0 Å². The molecule has 0 spiro atoms. The number of imidazole rings is 1. The molecular weight excluding hydrogens is 278 g/mol. The average Bonchev–Trinajstić information content (AvgIpc) is 2.87. The van der Waals surface area contributed by atoms with Crippen molar-refractivity contribution in [2.45, 2.75) is 19.6 Å². The van der Waals surface area contributed by atoms with Crippen molar-refractivity contribution in [1.82, 2.24) is 24.4 Å². The van der Waals surface area contributed by atoms with Gasteiger partial charge in [0.2, 0.25) is 5.91 Å². The zero-order chi connectivity index (χ0) is 15.6. The molecule has 2 rings (SSSR count). The van der Waals surface area contributed by atoms with Gasteiger partial charge in [0.25, 0.3) is 0 Å². The Morgan fingerprint density at radius 1 is 1.43 bits per heavy atom. The van der Waals surface area contributed by atoms with Gasteiger partial charge in [-0.1, -0.05) is 0 Å². The van der Waals surface area contributed by atoms with Crippen LogP contribution in [0.2, 0.25) is 0 Å². The molecule has 0 saturated heterocycles. The van der Waals surface area contributed by atoms with Crippen LogP contribution in [0.3, 0.4) is 0 Å². The number of nitrogens with two attached hydrogens (primary N) is 2. The number of anilines is 1. The maximum Gasteiger partial charge on any atom is 0.323 e. The van der Waals surface area contributed by atoms with E-state index in [0.29, 0.717) is 11.5 Å². The predicted octanol–water partition coefficient (Wildman–Crippen LogP) is -1.42. The van der Waals surface area contributed by atoms with Crippen molar-refractivity contribution >= 4 is 17.7 Å². The molecule has 0 bridgehead atoms. The molecule has 0 aromatic rings. The van der Waals surface area contributed by atoms with E-state index in [4.69, 9.17) is 16.6 Å². The lowest BCUT2D eigenvalue weighted by atomic mass is 10.3. The number of nitrogens with zero attached hydrogens (tertiary/aromatic N) is 5. The molecular formula is C11H15N7O3. The van der Waals surface area contributed by atoms with Crippen molar-refractivity contribution in [2.75, 3.05) is 12.3 Å². The number of aliphatic carboxylic acids is 1. The van der Waals surface area contributed by atoms with Gasteiger partial charge in [0.05, 0.1) is 12.5 Å². The van der Waals surface area contributed by atoms with Gasteiger partial charge in [0.1, 0.15) is 30.9 Å². The van der Waals surface area contributed by atoms with E-state index >= 15 is 0 Å². The first kappa shape index (κ1) is 14.7. The summed E-state index contributed by atoms with van der Waals surface area (Å²) in [5.74, 6) is -1.02. The largest absolute Gasteiger partial charge is 0.480 e. The van der Waals surface area contributed by atoms with E-state index in [1.54, 1.807) is 0 Å². The van der Waals surface area contributed by atoms with E-state index in [9.17, 15) is 9.59 Å². The molecule has 5 N–H and O–H groups in total. The molecule has 0 radical (unpaired) electrons. The van der Waals surface area contributed by atoms with Crippen molar-refractivity contribution in [3.05, 3.63) is 12.7 Å². The van der Waals surface area contributed by atoms with Crippen LogP contribution in [0.4, 0.5) is 5.82 Å². The van der Waals surface area contributed by atoms with E-state index in [1.807, 2.05) is 0 Å². The molecule has 10 heteroatoms. The highest BCUT2D eigenvalue weighted by Gasteiger charge is 2.22. The summed E-state index contributed by atoms with van der Waals surface area (Å²) in [6.45, 7) is 0.859. The molecule has 2 aliphatic rings. The van der Waals surface area contributed by atoms with Crippen molar-refractivity contribution in [3.63, 3.8) is 0 Å². The maximum absolute atomic E-state index is 12.2. The summed E-state index contributed by atoms with van der Waals surface area (Å²) in [7, 11) is 0. The highest BCUT2D eigenvalue weighted by atomic mass is 16.4. The summed E-state index contributed by atoms with van der Waals surface area (Å²) < 4.78 is 1.37. The topological polar surface area (TPSA) is 153 Å². The number of carboxylic acid groups (broad SMARTS) is 1. The van der Waals surface area contributed by atoms with Crippen molar-refractivity contribution in [2.24, 2.45) is 5.73 Å². The van der Waals surface area contributed by atoms with Crippen LogP contribution in [0.15, 0.2) is 12.7 Å². The fourth-order valence-corrected chi connectivity index (χ4v) is 1.83. The Labute approximate surface area is 119 Å². The Hall–Kier alpha value is -2.75. The molecule has 1 amide bonds. The highest BCUT2D eigenvalue weighted by molar-refractivity contribution is 5.82. The first-order chi connectivity index (χ1) is 9.90. The first-order valence-corrected chi connectivity index (χ1v) is 6.08. The van der Waals surface area contributed by atoms with Gasteiger partial charge in [-0.3, -0.25) is 9.59 Å². The van der Waals surface area contributed by atoms with Gasteiger partial charge in [-0.05, 0) is 6.92 Å². The summed E-state index contributed by atoms with van der Waals surface area (Å²) in [6, 6.07) is 0. The van der Waals surface area contributed by atoms with Gasteiger partial charge < -0.3 is 26.0 Å². The average molecular weight is 293 g/mol. The van der Waals surface area contributed by atoms with Crippen LogP contribution in [0.5, 0.6) is 0 Å². The Kier molecular flexibility index (Phi) is 3.98. The third-order valence-corrected chi connectivity index (χ3v) is 2.87. The summed E-state index contributed by atoms with van der Waals surface area (Å²) in [5.41, 5.74) is 11.9. The van der Waals surface area contributed by atoms with E-state index in [-0.39, 0.29) is 12.4 Å². The Morgan fingerprint density at radius 2 is 2.14 bits per heavy atom. The summed E-state index contributed by atoms with van der Waals surface area (Å²) in [5, 5.41) is 8.80. The van der Waals surface area contributed by atoms with Gasteiger partial charge in [0, 0.05) is 0 Å². The van der Waals surface area contributed by atoms with Crippen molar-refractivity contribution in [3.8, 4) is 11.5 Å². The molecule has 0 aromatic carbocycles. The standard InChI is InChI=1S/C11H15N7O3/c1-6(12)18(3-8(20)21)7(19)2-17-5-16-11-9(10(17)13)14-4-15-11/h4-6H,2-3,12-13H2,1H3,(H,20,21). The number of rotatable bonds is 5. The Morgan fingerprint density at radius 3 is 2.76 bits per heavy atom. The predicted molar refractivity (Wildman–Crippen MR) is 71.8 cm³/mol. The lowest BCUT2D eigenvalue weighted by molar-refractivity contribution is -0.146. The summed E-state index contributed by atoms with van der Waals surface area (Å²) >= 11 is 0. The SMILES string of the molecule is CC(N)N(CC(=O)O)C(=O)Cn1cnc2ncnc-2c1N. The van der Waals surface area contributed by atoms with E-state index in [0.717, 1.165) is 4.90 Å². The minimum atomic E-state index is -1.14. The highest BCUT2D eigenvalue weighted by Crippen LogP contribution is 2.20. The fourth-order valence-electron chi connectivity index (χ4n) is 1.83. The number of carboxylic acids is 1. The van der Waals surface area contributed by atoms with Crippen LogP contribution in [0.1, 0.15) is 6.92 Å². The van der Waals surface area contributed by atoms with Gasteiger partial charge in [-0.2, -0.15) is 0 Å². The van der Waals surface area contributed by atoms with Crippen molar-refractivity contribution in [1.29, 1.82) is 0 Å². The van der Waals surface area contributed by atoms with E-state index < -0.39 is 24.6 Å². The molecule has 112 valence electrons. The molecule has 1 atom stereocenters. The molecule has 2 heterocycles. The Bertz CT molecular complexity index is 639. The monoisotopic (exact) mass is 293 g/mol. The number of aromatic nitrogens is 4. The molecule has 0 saturated carbocycles. The molecule has 0 aliphatic carbocycles. The number of amides is 1. The van der Waals surface area contributed by atoms with Gasteiger partial charge >= 0.3 is 5.97 Å². The second-order valence-electron chi connectivity index (χ2n) is 4.46. The maximum atomic E-state index is 12.2. The fraction of sp³-hybridized carbons (Fsp3) is 0.364. The quantitative estimate of drug-likeness (QED) is 0.567. The van der Waals surface area contributed by atoms with Crippen LogP contribution < -0.4 is 11.5 Å². The number of fused-ring (bicyclic) bond motifs is 1. The Balaban J connectivity index is 2.22. The minimum Gasteiger partial charge on any atom is -0.480 e. The smallest absolute Gasteiger partial charge is 0.323 e. The normalized spacial score (nSPS) is 12.3. The first-order valence-electron chi connectivity index (χ1n) is 6.08. The number of carbonyl (C=O) groups is 2. The number of nitrogen functional groups attached to an aromatic ring is 1. The molecule has 0 fully saturated rings. The van der Waals surface area contributed by atoms with Crippen LogP contribution in [-0.4, -0.2) is 54.1 Å². The third kappa shape index (κ3) is 3.05. The number of carbonyl (C=O) groups excluding carboxylic acids is 1. The van der Waals surface area contributed by atoms with Gasteiger partial charge in [0.15, 0.2) is 5.82 Å². The second-order valence-corrected chi connectivity index (χ2v) is 4.46. The van der Waals surface area contributed by atoms with Crippen LogP contribution in [0, 0.1) is 0 Å².